The van der Waals surface area contributed by atoms with E-state index in [0.717, 1.165) is 32.1 Å². The Morgan fingerprint density at radius 1 is 1.12 bits per heavy atom. The van der Waals surface area contributed by atoms with Crippen molar-refractivity contribution in [3.05, 3.63) is 24.3 Å². The fourth-order valence-corrected chi connectivity index (χ4v) is 6.13. The molecule has 1 aliphatic heterocycles. The highest BCUT2D eigenvalue weighted by molar-refractivity contribution is 7.89. The van der Waals surface area contributed by atoms with Crippen LogP contribution in [0.1, 0.15) is 58.8 Å². The highest BCUT2D eigenvalue weighted by Crippen LogP contribution is 2.26. The molecule has 8 nitrogen and oxygen atoms in total. The zero-order chi connectivity index (χ0) is 24.0. The summed E-state index contributed by atoms with van der Waals surface area (Å²) in [4.78, 5) is 26.2. The number of carbonyl (C=O) groups excluding carboxylic acids is 2. The predicted molar refractivity (Wildman–Crippen MR) is 126 cm³/mol. The van der Waals surface area contributed by atoms with Gasteiger partial charge in [-0.1, -0.05) is 33.1 Å². The number of hydrogen-bond donors (Lipinski definition) is 2. The SMILES string of the molecule is CC[C@@H](C)[C@H](NC(=O)[C@H]1CCCN(S(=O)(=O)c2ccc(OC)cc2)C1)C(=O)NC1CCCC1. The fraction of sp³-hybridized carbons (Fsp3) is 0.667. The number of carbonyl (C=O) groups is 2. The Kier molecular flexibility index (Phi) is 8.75. The van der Waals surface area contributed by atoms with Gasteiger partial charge in [-0.25, -0.2) is 8.42 Å². The third-order valence-corrected chi connectivity index (χ3v) is 8.83. The molecule has 0 aromatic heterocycles. The number of nitrogens with zero attached hydrogens (tertiary/aromatic N) is 1. The molecular weight excluding hydrogens is 442 g/mol. The second-order valence-corrected chi connectivity index (χ2v) is 11.2. The lowest BCUT2D eigenvalue weighted by Crippen LogP contribution is -2.55. The fourth-order valence-electron chi connectivity index (χ4n) is 4.61. The number of nitrogens with one attached hydrogen (secondary N) is 2. The Labute approximate surface area is 197 Å². The number of benzene rings is 1. The average molecular weight is 480 g/mol. The van der Waals surface area contributed by atoms with Gasteiger partial charge in [0.2, 0.25) is 21.8 Å². The summed E-state index contributed by atoms with van der Waals surface area (Å²) in [5, 5.41) is 6.05. The van der Waals surface area contributed by atoms with Crippen LogP contribution < -0.4 is 15.4 Å². The van der Waals surface area contributed by atoms with E-state index in [0.29, 0.717) is 25.1 Å². The first-order valence-corrected chi connectivity index (χ1v) is 13.4. The van der Waals surface area contributed by atoms with Gasteiger partial charge < -0.3 is 15.4 Å². The summed E-state index contributed by atoms with van der Waals surface area (Å²) in [6.07, 6.45) is 6.14. The van der Waals surface area contributed by atoms with Crippen molar-refractivity contribution in [2.45, 2.75) is 75.8 Å². The van der Waals surface area contributed by atoms with E-state index in [9.17, 15) is 18.0 Å². The third-order valence-electron chi connectivity index (χ3n) is 6.95. The minimum absolute atomic E-state index is 0.0157. The Bertz CT molecular complexity index is 913. The molecule has 33 heavy (non-hydrogen) atoms. The molecule has 2 fully saturated rings. The number of ether oxygens (including phenoxy) is 1. The van der Waals surface area contributed by atoms with Gasteiger partial charge in [-0.15, -0.1) is 0 Å². The lowest BCUT2D eigenvalue weighted by Gasteiger charge is -2.33. The van der Waals surface area contributed by atoms with Crippen molar-refractivity contribution in [2.24, 2.45) is 11.8 Å². The van der Waals surface area contributed by atoms with E-state index in [4.69, 9.17) is 4.74 Å². The minimum atomic E-state index is -3.72. The Hall–Kier alpha value is -2.13. The van der Waals surface area contributed by atoms with Crippen LogP contribution in [0.25, 0.3) is 0 Å². The van der Waals surface area contributed by atoms with E-state index in [2.05, 4.69) is 10.6 Å². The largest absolute Gasteiger partial charge is 0.497 e. The van der Waals surface area contributed by atoms with E-state index in [1.54, 1.807) is 12.1 Å². The summed E-state index contributed by atoms with van der Waals surface area (Å²) in [5.74, 6) is -0.313. The maximum Gasteiger partial charge on any atom is 0.243 e. The van der Waals surface area contributed by atoms with Gasteiger partial charge in [0.05, 0.1) is 17.9 Å². The molecule has 2 aliphatic rings. The van der Waals surface area contributed by atoms with Gasteiger partial charge in [0.15, 0.2) is 0 Å². The molecule has 1 aromatic rings. The van der Waals surface area contributed by atoms with Crippen molar-refractivity contribution in [1.82, 2.24) is 14.9 Å². The van der Waals surface area contributed by atoms with E-state index >= 15 is 0 Å². The van der Waals surface area contributed by atoms with Crippen LogP contribution in [0.4, 0.5) is 0 Å². The summed E-state index contributed by atoms with van der Waals surface area (Å²) >= 11 is 0. The van der Waals surface area contributed by atoms with Crippen LogP contribution in [0, 0.1) is 11.8 Å². The molecule has 1 saturated carbocycles. The summed E-state index contributed by atoms with van der Waals surface area (Å²) in [6.45, 7) is 4.43. The van der Waals surface area contributed by atoms with Crippen LogP contribution in [0.5, 0.6) is 5.75 Å². The molecule has 1 aromatic carbocycles. The first-order valence-electron chi connectivity index (χ1n) is 12.0. The number of amides is 2. The molecule has 9 heteroatoms. The van der Waals surface area contributed by atoms with Crippen LogP contribution in [0.15, 0.2) is 29.2 Å². The van der Waals surface area contributed by atoms with E-state index in [1.165, 1.54) is 23.5 Å². The summed E-state index contributed by atoms with van der Waals surface area (Å²) in [7, 11) is -2.19. The van der Waals surface area contributed by atoms with Gasteiger partial charge >= 0.3 is 0 Å². The number of sulfonamides is 1. The van der Waals surface area contributed by atoms with E-state index in [-0.39, 0.29) is 35.2 Å². The Morgan fingerprint density at radius 2 is 1.79 bits per heavy atom. The quantitative estimate of drug-likeness (QED) is 0.567. The molecule has 1 saturated heterocycles. The van der Waals surface area contributed by atoms with Crippen LogP contribution >= 0.6 is 0 Å². The summed E-state index contributed by atoms with van der Waals surface area (Å²) in [5.41, 5.74) is 0. The third kappa shape index (κ3) is 6.26. The maximum atomic E-state index is 13.1. The Balaban J connectivity index is 1.66. The molecule has 3 atom stereocenters. The minimum Gasteiger partial charge on any atom is -0.497 e. The Morgan fingerprint density at radius 3 is 2.39 bits per heavy atom. The standard InChI is InChI=1S/C24H37N3O5S/c1-4-17(2)22(24(29)25-19-9-5-6-10-19)26-23(28)18-8-7-15-27(16-18)33(30,31)21-13-11-20(32-3)12-14-21/h11-14,17-19,22H,4-10,15-16H2,1-3H3,(H,25,29)(H,26,28)/t17-,18+,22+/m1/s1. The maximum absolute atomic E-state index is 13.1. The normalized spacial score (nSPS) is 21.8. The smallest absolute Gasteiger partial charge is 0.243 e. The van der Waals surface area contributed by atoms with Crippen LogP contribution in [-0.2, 0) is 19.6 Å². The van der Waals surface area contributed by atoms with Crippen LogP contribution in [0.3, 0.4) is 0 Å². The van der Waals surface area contributed by atoms with Crippen molar-refractivity contribution < 1.29 is 22.7 Å². The van der Waals surface area contributed by atoms with E-state index < -0.39 is 22.0 Å². The number of rotatable bonds is 9. The lowest BCUT2D eigenvalue weighted by molar-refractivity contribution is -0.133. The monoisotopic (exact) mass is 479 g/mol. The average Bonchev–Trinajstić information content (AvgIpc) is 3.34. The van der Waals surface area contributed by atoms with Gasteiger partial charge in [-0.2, -0.15) is 4.31 Å². The molecule has 184 valence electrons. The molecule has 2 N–H and O–H groups in total. The van der Waals surface area contributed by atoms with E-state index in [1.807, 2.05) is 13.8 Å². The zero-order valence-electron chi connectivity index (χ0n) is 19.9. The second-order valence-electron chi connectivity index (χ2n) is 9.24. The molecule has 3 rings (SSSR count). The number of methoxy groups -OCH3 is 1. The van der Waals surface area contributed by atoms with Gasteiger partial charge in [-0.3, -0.25) is 9.59 Å². The summed E-state index contributed by atoms with van der Waals surface area (Å²) < 4.78 is 32.7. The van der Waals surface area contributed by atoms with Crippen molar-refractivity contribution in [3.8, 4) is 5.75 Å². The second kappa shape index (κ2) is 11.3. The number of piperidine rings is 1. The van der Waals surface area contributed by atoms with Crippen molar-refractivity contribution in [3.63, 3.8) is 0 Å². The van der Waals surface area contributed by atoms with Crippen molar-refractivity contribution in [1.29, 1.82) is 0 Å². The topological polar surface area (TPSA) is 105 Å². The lowest BCUT2D eigenvalue weighted by atomic mass is 9.94. The molecule has 0 radical (unpaired) electrons. The zero-order valence-corrected chi connectivity index (χ0v) is 20.7. The van der Waals surface area contributed by atoms with Gasteiger partial charge in [0.1, 0.15) is 11.8 Å². The summed E-state index contributed by atoms with van der Waals surface area (Å²) in [6, 6.07) is 5.83. The molecule has 0 unspecified atom stereocenters. The first kappa shape index (κ1) is 25.5. The first-order chi connectivity index (χ1) is 15.8. The predicted octanol–water partition coefficient (Wildman–Crippen LogP) is 2.69. The van der Waals surface area contributed by atoms with Gasteiger partial charge in [0.25, 0.3) is 0 Å². The molecule has 2 amide bonds. The molecule has 0 bridgehead atoms. The van der Waals surface area contributed by atoms with Gasteiger partial charge in [-0.05, 0) is 55.9 Å². The molecular formula is C24H37N3O5S. The van der Waals surface area contributed by atoms with Crippen LogP contribution in [-0.4, -0.2) is 56.8 Å². The highest BCUT2D eigenvalue weighted by Gasteiger charge is 2.36. The van der Waals surface area contributed by atoms with Crippen molar-refractivity contribution >= 4 is 21.8 Å². The molecule has 1 aliphatic carbocycles. The van der Waals surface area contributed by atoms with Gasteiger partial charge in [0, 0.05) is 19.1 Å². The molecule has 1 heterocycles. The van der Waals surface area contributed by atoms with Crippen LogP contribution in [0.2, 0.25) is 0 Å². The molecule has 0 spiro atoms. The van der Waals surface area contributed by atoms with Crippen molar-refractivity contribution in [2.75, 3.05) is 20.2 Å². The number of hydrogen-bond acceptors (Lipinski definition) is 5. The highest BCUT2D eigenvalue weighted by atomic mass is 32.2.